The van der Waals surface area contributed by atoms with Crippen LogP contribution in [0, 0.1) is 0 Å². The SMILES string of the molecule is CC(N)C(O)c1ccncc1Br. The first-order valence-electron chi connectivity index (χ1n) is 3.66. The molecule has 0 aliphatic heterocycles. The summed E-state index contributed by atoms with van der Waals surface area (Å²) >= 11 is 3.29. The van der Waals surface area contributed by atoms with E-state index in [1.54, 1.807) is 25.4 Å². The van der Waals surface area contributed by atoms with E-state index >= 15 is 0 Å². The summed E-state index contributed by atoms with van der Waals surface area (Å²) in [5, 5.41) is 9.60. The second kappa shape index (κ2) is 3.98. The number of aromatic nitrogens is 1. The van der Waals surface area contributed by atoms with Gasteiger partial charge in [0.25, 0.3) is 0 Å². The molecular weight excluding hydrogens is 220 g/mol. The molecule has 3 nitrogen and oxygen atoms in total. The molecule has 12 heavy (non-hydrogen) atoms. The second-order valence-electron chi connectivity index (χ2n) is 2.70. The van der Waals surface area contributed by atoms with Crippen LogP contribution in [0.15, 0.2) is 22.9 Å². The summed E-state index contributed by atoms with van der Waals surface area (Å²) in [7, 11) is 0. The van der Waals surface area contributed by atoms with Gasteiger partial charge in [-0.25, -0.2) is 0 Å². The van der Waals surface area contributed by atoms with Crippen molar-refractivity contribution < 1.29 is 5.11 Å². The van der Waals surface area contributed by atoms with Crippen LogP contribution in [0.4, 0.5) is 0 Å². The summed E-state index contributed by atoms with van der Waals surface area (Å²) in [6.07, 6.45) is 2.63. The van der Waals surface area contributed by atoms with E-state index in [4.69, 9.17) is 5.73 Å². The first-order valence-corrected chi connectivity index (χ1v) is 4.45. The van der Waals surface area contributed by atoms with Crippen molar-refractivity contribution in [1.29, 1.82) is 0 Å². The van der Waals surface area contributed by atoms with Crippen LogP contribution in [0.25, 0.3) is 0 Å². The van der Waals surface area contributed by atoms with Gasteiger partial charge in [-0.1, -0.05) is 0 Å². The van der Waals surface area contributed by atoms with Gasteiger partial charge in [0.2, 0.25) is 0 Å². The molecule has 1 heterocycles. The summed E-state index contributed by atoms with van der Waals surface area (Å²) < 4.78 is 0.787. The maximum atomic E-state index is 9.60. The molecule has 0 saturated carbocycles. The minimum absolute atomic E-state index is 0.274. The Morgan fingerprint density at radius 1 is 1.67 bits per heavy atom. The molecule has 0 aliphatic carbocycles. The quantitative estimate of drug-likeness (QED) is 0.804. The minimum atomic E-state index is -0.637. The number of aliphatic hydroxyl groups excluding tert-OH is 1. The molecule has 1 rings (SSSR count). The Morgan fingerprint density at radius 2 is 2.33 bits per heavy atom. The van der Waals surface area contributed by atoms with E-state index in [1.807, 2.05) is 0 Å². The average molecular weight is 231 g/mol. The van der Waals surface area contributed by atoms with E-state index in [1.165, 1.54) is 0 Å². The van der Waals surface area contributed by atoms with Crippen LogP contribution in [0.2, 0.25) is 0 Å². The number of rotatable bonds is 2. The summed E-state index contributed by atoms with van der Waals surface area (Å²) in [6, 6.07) is 1.47. The minimum Gasteiger partial charge on any atom is -0.387 e. The maximum Gasteiger partial charge on any atom is 0.0950 e. The lowest BCUT2D eigenvalue weighted by Gasteiger charge is -2.15. The zero-order valence-corrected chi connectivity index (χ0v) is 8.32. The van der Waals surface area contributed by atoms with Crippen LogP contribution in [-0.4, -0.2) is 16.1 Å². The molecule has 3 N–H and O–H groups in total. The van der Waals surface area contributed by atoms with Crippen molar-refractivity contribution in [3.8, 4) is 0 Å². The molecule has 0 bridgehead atoms. The molecule has 0 fully saturated rings. The average Bonchev–Trinajstić information content (AvgIpc) is 2.04. The molecule has 66 valence electrons. The van der Waals surface area contributed by atoms with Gasteiger partial charge < -0.3 is 10.8 Å². The second-order valence-corrected chi connectivity index (χ2v) is 3.56. The van der Waals surface area contributed by atoms with Gasteiger partial charge in [0.1, 0.15) is 0 Å². The van der Waals surface area contributed by atoms with Crippen molar-refractivity contribution in [1.82, 2.24) is 4.98 Å². The Kier molecular flexibility index (Phi) is 3.20. The van der Waals surface area contributed by atoms with E-state index in [-0.39, 0.29) is 6.04 Å². The number of nitrogens with zero attached hydrogens (tertiary/aromatic N) is 1. The number of halogens is 1. The van der Waals surface area contributed by atoms with Gasteiger partial charge >= 0.3 is 0 Å². The largest absolute Gasteiger partial charge is 0.387 e. The van der Waals surface area contributed by atoms with E-state index in [0.717, 1.165) is 10.0 Å². The van der Waals surface area contributed by atoms with Gasteiger partial charge in [0.05, 0.1) is 6.10 Å². The van der Waals surface area contributed by atoms with E-state index < -0.39 is 6.10 Å². The highest BCUT2D eigenvalue weighted by Crippen LogP contribution is 2.23. The molecule has 1 aromatic rings. The number of hydrogen-bond donors (Lipinski definition) is 2. The fourth-order valence-electron chi connectivity index (χ4n) is 0.909. The first-order chi connectivity index (χ1) is 5.63. The molecule has 4 heteroatoms. The number of hydrogen-bond acceptors (Lipinski definition) is 3. The maximum absolute atomic E-state index is 9.60. The van der Waals surface area contributed by atoms with Crippen LogP contribution >= 0.6 is 15.9 Å². The summed E-state index contributed by atoms with van der Waals surface area (Å²) in [5.41, 5.74) is 6.32. The Balaban J connectivity index is 2.94. The zero-order valence-electron chi connectivity index (χ0n) is 6.74. The van der Waals surface area contributed by atoms with Gasteiger partial charge in [0.15, 0.2) is 0 Å². The van der Waals surface area contributed by atoms with Crippen molar-refractivity contribution in [2.75, 3.05) is 0 Å². The smallest absolute Gasteiger partial charge is 0.0950 e. The van der Waals surface area contributed by atoms with Gasteiger partial charge in [-0.2, -0.15) is 0 Å². The molecule has 0 saturated heterocycles. The van der Waals surface area contributed by atoms with Crippen molar-refractivity contribution >= 4 is 15.9 Å². The van der Waals surface area contributed by atoms with E-state index in [2.05, 4.69) is 20.9 Å². The highest BCUT2D eigenvalue weighted by atomic mass is 79.9. The molecule has 2 unspecified atom stereocenters. The van der Waals surface area contributed by atoms with Gasteiger partial charge in [-0.15, -0.1) is 0 Å². The highest BCUT2D eigenvalue weighted by molar-refractivity contribution is 9.10. The van der Waals surface area contributed by atoms with E-state index in [0.29, 0.717) is 0 Å². The van der Waals surface area contributed by atoms with Crippen LogP contribution < -0.4 is 5.73 Å². The van der Waals surface area contributed by atoms with Crippen LogP contribution in [0.3, 0.4) is 0 Å². The van der Waals surface area contributed by atoms with Crippen molar-refractivity contribution in [3.05, 3.63) is 28.5 Å². The standard InChI is InChI=1S/C8H11BrN2O/c1-5(10)8(12)6-2-3-11-4-7(6)9/h2-5,8,12H,10H2,1H3. The number of aliphatic hydroxyl groups is 1. The molecule has 0 aromatic carbocycles. The predicted octanol–water partition coefficient (Wildman–Crippen LogP) is 1.22. The topological polar surface area (TPSA) is 59.1 Å². The molecule has 0 radical (unpaired) electrons. The Labute approximate surface area is 79.7 Å². The van der Waals surface area contributed by atoms with Gasteiger partial charge in [-0.05, 0) is 34.5 Å². The van der Waals surface area contributed by atoms with E-state index in [9.17, 15) is 5.11 Å². The third-order valence-corrected chi connectivity index (χ3v) is 2.28. The Bertz CT molecular complexity index is 265. The highest BCUT2D eigenvalue weighted by Gasteiger charge is 2.14. The molecule has 0 spiro atoms. The molecule has 0 amide bonds. The first kappa shape index (κ1) is 9.64. The molecular formula is C8H11BrN2O. The third kappa shape index (κ3) is 2.03. The predicted molar refractivity (Wildman–Crippen MR) is 50.5 cm³/mol. The molecule has 1 aromatic heterocycles. The van der Waals surface area contributed by atoms with Gasteiger partial charge in [0, 0.05) is 22.9 Å². The lowest BCUT2D eigenvalue weighted by atomic mass is 10.1. The van der Waals surface area contributed by atoms with Crippen molar-refractivity contribution in [2.24, 2.45) is 5.73 Å². The normalized spacial score (nSPS) is 15.7. The number of pyridine rings is 1. The summed E-state index contributed by atoms with van der Waals surface area (Å²) in [5.74, 6) is 0. The summed E-state index contributed by atoms with van der Waals surface area (Å²) in [4.78, 5) is 3.89. The fraction of sp³-hybridized carbons (Fsp3) is 0.375. The summed E-state index contributed by atoms with van der Waals surface area (Å²) in [6.45, 7) is 1.76. The lowest BCUT2D eigenvalue weighted by molar-refractivity contribution is 0.152. The Morgan fingerprint density at radius 3 is 2.83 bits per heavy atom. The van der Waals surface area contributed by atoms with Crippen LogP contribution in [-0.2, 0) is 0 Å². The van der Waals surface area contributed by atoms with Crippen molar-refractivity contribution in [3.63, 3.8) is 0 Å². The van der Waals surface area contributed by atoms with Crippen molar-refractivity contribution in [2.45, 2.75) is 19.1 Å². The van der Waals surface area contributed by atoms with Gasteiger partial charge in [-0.3, -0.25) is 4.98 Å². The monoisotopic (exact) mass is 230 g/mol. The zero-order chi connectivity index (χ0) is 9.14. The third-order valence-electron chi connectivity index (χ3n) is 1.62. The van der Waals surface area contributed by atoms with Crippen LogP contribution in [0.1, 0.15) is 18.6 Å². The van der Waals surface area contributed by atoms with Crippen LogP contribution in [0.5, 0.6) is 0 Å². The Hall–Kier alpha value is -0.450. The lowest BCUT2D eigenvalue weighted by Crippen LogP contribution is -2.24. The molecule has 2 atom stereocenters. The number of nitrogens with two attached hydrogens (primary N) is 1. The fourth-order valence-corrected chi connectivity index (χ4v) is 1.39. The molecule has 0 aliphatic rings.